The Morgan fingerprint density at radius 3 is 2.45 bits per heavy atom. The predicted octanol–water partition coefficient (Wildman–Crippen LogP) is 4.86. The number of para-hydroxylation sites is 2. The van der Waals surface area contributed by atoms with Crippen LogP contribution in [0.2, 0.25) is 0 Å². The fourth-order valence-electron chi connectivity index (χ4n) is 3.95. The molecule has 1 atom stereocenters. The number of rotatable bonds is 4. The lowest BCUT2D eigenvalue weighted by Gasteiger charge is -2.24. The number of fused-ring (bicyclic) bond motifs is 1. The number of aromatic hydroxyl groups is 1. The highest BCUT2D eigenvalue weighted by molar-refractivity contribution is 6.07. The number of benzene rings is 3. The number of hydrogen-bond donors (Lipinski definition) is 1. The summed E-state index contributed by atoms with van der Waals surface area (Å²) < 4.78 is 10.7. The summed E-state index contributed by atoms with van der Waals surface area (Å²) in [6, 6.07) is 24.3. The van der Waals surface area contributed by atoms with E-state index in [1.165, 1.54) is 0 Å². The quantitative estimate of drug-likeness (QED) is 0.485. The van der Waals surface area contributed by atoms with Gasteiger partial charge in [0.25, 0.3) is 0 Å². The number of ether oxygens (including phenoxy) is 1. The zero-order valence-corrected chi connectivity index (χ0v) is 16.9. The molecule has 0 amide bonds. The van der Waals surface area contributed by atoms with Crippen molar-refractivity contribution < 1.29 is 14.3 Å². The molecule has 0 bridgehead atoms. The molecule has 0 saturated carbocycles. The first kappa shape index (κ1) is 18.9. The molecule has 0 aliphatic carbocycles. The Kier molecular flexibility index (Phi) is 4.67. The van der Waals surface area contributed by atoms with Crippen molar-refractivity contribution in [2.75, 3.05) is 12.1 Å². The maximum absolute atomic E-state index is 12.8. The average molecular weight is 412 g/mol. The lowest BCUT2D eigenvalue weighted by atomic mass is 9.97. The Hall–Kier alpha value is -4.06. The Morgan fingerprint density at radius 1 is 1.00 bits per heavy atom. The molecule has 0 saturated heterocycles. The topological polar surface area (TPSA) is 75.3 Å². The lowest BCUT2D eigenvalue weighted by molar-refractivity contribution is 0.414. The van der Waals surface area contributed by atoms with Crippen molar-refractivity contribution in [1.82, 2.24) is 0 Å². The Balaban J connectivity index is 1.63. The van der Waals surface area contributed by atoms with Crippen molar-refractivity contribution in [1.29, 1.82) is 0 Å². The standard InChI is InChI=1S/C25H20N2O4/c1-30-18-13-11-16(12-14-18)21-15-20(26-27(21)17-7-3-2-4-8-17)23-24(28)19-9-5-6-10-22(19)31-25(23)29/h2-14,21,28H,15H2,1H3. The molecule has 3 aromatic carbocycles. The van der Waals surface area contributed by atoms with Gasteiger partial charge in [0.05, 0.1) is 29.9 Å². The van der Waals surface area contributed by atoms with Crippen LogP contribution in [0.15, 0.2) is 93.2 Å². The van der Waals surface area contributed by atoms with Crippen LogP contribution in [0, 0.1) is 0 Å². The van der Waals surface area contributed by atoms with Gasteiger partial charge in [-0.05, 0) is 42.0 Å². The summed E-state index contributed by atoms with van der Waals surface area (Å²) in [5.41, 5.74) is 2.26. The molecule has 5 rings (SSSR count). The predicted molar refractivity (Wildman–Crippen MR) is 120 cm³/mol. The zero-order valence-electron chi connectivity index (χ0n) is 16.9. The van der Waals surface area contributed by atoms with E-state index < -0.39 is 5.63 Å². The van der Waals surface area contributed by atoms with E-state index in [4.69, 9.17) is 14.3 Å². The van der Waals surface area contributed by atoms with Gasteiger partial charge in [-0.1, -0.05) is 42.5 Å². The SMILES string of the molecule is COc1ccc(C2CC(c3c(O)c4ccccc4oc3=O)=NN2c2ccccc2)cc1. The summed E-state index contributed by atoms with van der Waals surface area (Å²) in [5, 5.41) is 18.0. The van der Waals surface area contributed by atoms with Crippen LogP contribution < -0.4 is 15.4 Å². The Morgan fingerprint density at radius 2 is 1.71 bits per heavy atom. The molecule has 6 heteroatoms. The van der Waals surface area contributed by atoms with Crippen LogP contribution in [0.3, 0.4) is 0 Å². The molecule has 1 aliphatic heterocycles. The molecule has 1 aliphatic rings. The van der Waals surface area contributed by atoms with Crippen molar-refractivity contribution in [3.8, 4) is 11.5 Å². The molecule has 1 N–H and O–H groups in total. The van der Waals surface area contributed by atoms with Crippen molar-refractivity contribution in [2.45, 2.75) is 12.5 Å². The minimum Gasteiger partial charge on any atom is -0.506 e. The molecule has 1 unspecified atom stereocenters. The minimum absolute atomic E-state index is 0.103. The molecular weight excluding hydrogens is 392 g/mol. The molecular formula is C25H20N2O4. The van der Waals surface area contributed by atoms with Crippen LogP contribution >= 0.6 is 0 Å². The highest BCUT2D eigenvalue weighted by Gasteiger charge is 2.33. The molecule has 1 aromatic heterocycles. The fourth-order valence-corrected chi connectivity index (χ4v) is 3.95. The Labute approximate surface area is 178 Å². The molecule has 154 valence electrons. The number of hydrazone groups is 1. The summed E-state index contributed by atoms with van der Waals surface area (Å²) in [6.45, 7) is 0. The molecule has 6 nitrogen and oxygen atoms in total. The maximum Gasteiger partial charge on any atom is 0.349 e. The van der Waals surface area contributed by atoms with Crippen LogP contribution in [-0.2, 0) is 0 Å². The van der Waals surface area contributed by atoms with Gasteiger partial charge in [-0.2, -0.15) is 5.10 Å². The highest BCUT2D eigenvalue weighted by atomic mass is 16.5. The second kappa shape index (κ2) is 7.65. The van der Waals surface area contributed by atoms with Crippen molar-refractivity contribution in [2.24, 2.45) is 5.10 Å². The summed E-state index contributed by atoms with van der Waals surface area (Å²) >= 11 is 0. The van der Waals surface area contributed by atoms with E-state index in [1.54, 1.807) is 31.4 Å². The second-order valence-corrected chi connectivity index (χ2v) is 7.33. The van der Waals surface area contributed by atoms with Crippen molar-refractivity contribution >= 4 is 22.4 Å². The van der Waals surface area contributed by atoms with Crippen LogP contribution in [-0.4, -0.2) is 17.9 Å². The van der Waals surface area contributed by atoms with Gasteiger partial charge in [-0.3, -0.25) is 5.01 Å². The maximum atomic E-state index is 12.8. The van der Waals surface area contributed by atoms with Gasteiger partial charge in [0, 0.05) is 6.42 Å². The Bertz CT molecular complexity index is 1330. The minimum atomic E-state index is -0.599. The third-order valence-corrected chi connectivity index (χ3v) is 5.51. The van der Waals surface area contributed by atoms with Crippen LogP contribution in [0.5, 0.6) is 11.5 Å². The summed E-state index contributed by atoms with van der Waals surface area (Å²) in [4.78, 5) is 12.8. The number of methoxy groups -OCH3 is 1. The molecule has 0 fully saturated rings. The van der Waals surface area contributed by atoms with Gasteiger partial charge >= 0.3 is 5.63 Å². The van der Waals surface area contributed by atoms with Gasteiger partial charge in [0.1, 0.15) is 22.6 Å². The molecule has 4 aromatic rings. The average Bonchev–Trinajstić information content (AvgIpc) is 3.24. The molecule has 0 spiro atoms. The number of nitrogens with zero attached hydrogens (tertiary/aromatic N) is 2. The van der Waals surface area contributed by atoms with Crippen molar-refractivity contribution in [3.63, 3.8) is 0 Å². The van der Waals surface area contributed by atoms with Gasteiger partial charge in [-0.25, -0.2) is 4.79 Å². The van der Waals surface area contributed by atoms with E-state index in [9.17, 15) is 9.90 Å². The molecule has 2 heterocycles. The normalized spacial score (nSPS) is 15.8. The summed E-state index contributed by atoms with van der Waals surface area (Å²) in [7, 11) is 1.63. The largest absolute Gasteiger partial charge is 0.506 e. The summed E-state index contributed by atoms with van der Waals surface area (Å²) in [5.74, 6) is 0.663. The first-order valence-electron chi connectivity index (χ1n) is 9.96. The lowest BCUT2D eigenvalue weighted by Crippen LogP contribution is -2.18. The van der Waals surface area contributed by atoms with Gasteiger partial charge in [0.15, 0.2) is 0 Å². The van der Waals surface area contributed by atoms with E-state index >= 15 is 0 Å². The monoisotopic (exact) mass is 412 g/mol. The smallest absolute Gasteiger partial charge is 0.349 e. The third-order valence-electron chi connectivity index (χ3n) is 5.51. The van der Waals surface area contributed by atoms with Crippen molar-refractivity contribution in [3.05, 3.63) is 100 Å². The highest BCUT2D eigenvalue weighted by Crippen LogP contribution is 2.38. The zero-order chi connectivity index (χ0) is 21.4. The van der Waals surface area contributed by atoms with E-state index in [0.717, 1.165) is 17.0 Å². The van der Waals surface area contributed by atoms with Gasteiger partial charge < -0.3 is 14.3 Å². The van der Waals surface area contributed by atoms with Gasteiger partial charge in [-0.15, -0.1) is 0 Å². The molecule has 0 radical (unpaired) electrons. The third kappa shape index (κ3) is 3.32. The van der Waals surface area contributed by atoms with E-state index in [1.807, 2.05) is 59.6 Å². The molecule has 31 heavy (non-hydrogen) atoms. The number of anilines is 1. The summed E-state index contributed by atoms with van der Waals surface area (Å²) in [6.07, 6.45) is 0.442. The van der Waals surface area contributed by atoms with Gasteiger partial charge in [0.2, 0.25) is 0 Å². The van der Waals surface area contributed by atoms with Crippen LogP contribution in [0.1, 0.15) is 23.6 Å². The van der Waals surface area contributed by atoms with Crippen LogP contribution in [0.4, 0.5) is 5.69 Å². The van der Waals surface area contributed by atoms with E-state index in [0.29, 0.717) is 23.1 Å². The first-order chi connectivity index (χ1) is 15.2. The fraction of sp³-hybridized carbons (Fsp3) is 0.120. The van der Waals surface area contributed by atoms with E-state index in [2.05, 4.69) is 0 Å². The van der Waals surface area contributed by atoms with E-state index in [-0.39, 0.29) is 17.4 Å². The van der Waals surface area contributed by atoms with Crippen LogP contribution in [0.25, 0.3) is 11.0 Å². The first-order valence-corrected chi connectivity index (χ1v) is 9.96. The number of hydrogen-bond acceptors (Lipinski definition) is 6. The second-order valence-electron chi connectivity index (χ2n) is 7.33.